The molecule has 2 aromatic carbocycles. The Balaban J connectivity index is 1.71. The second kappa shape index (κ2) is 10.8. The first kappa shape index (κ1) is 24.1. The number of carbonyl (C=O) groups excluding carboxylic acids is 1. The van der Waals surface area contributed by atoms with Crippen LogP contribution in [0.15, 0.2) is 48.5 Å². The fraction of sp³-hybridized carbons (Fsp3) is 0.458. The molecule has 1 saturated heterocycles. The zero-order valence-corrected chi connectivity index (χ0v) is 19.9. The number of hydrogen-bond donors (Lipinski definition) is 1. The summed E-state index contributed by atoms with van der Waals surface area (Å²) in [6.07, 6.45) is 3.97. The standard InChI is InChI=1S/C24H33N3O4S/c1-4-23(27(32(3,29)30)21-10-12-22(31-2)13-11-21)24(28)25-17-19-8-7-9-20(16-19)18-26-14-5-6-15-26/h7-13,16,23H,4-6,14-15,17-18H2,1-3H3,(H,25,28)/t23-/m0/s1. The number of sulfonamides is 1. The van der Waals surface area contributed by atoms with E-state index in [1.54, 1.807) is 31.4 Å². The van der Waals surface area contributed by atoms with E-state index in [2.05, 4.69) is 22.3 Å². The van der Waals surface area contributed by atoms with Crippen LogP contribution in [0.1, 0.15) is 37.3 Å². The van der Waals surface area contributed by atoms with Crippen LogP contribution in [0.2, 0.25) is 0 Å². The van der Waals surface area contributed by atoms with Gasteiger partial charge in [-0.3, -0.25) is 14.0 Å². The molecule has 1 aliphatic heterocycles. The topological polar surface area (TPSA) is 79.0 Å². The average molecular weight is 460 g/mol. The van der Waals surface area contributed by atoms with Gasteiger partial charge in [-0.15, -0.1) is 0 Å². The molecule has 0 aromatic heterocycles. The van der Waals surface area contributed by atoms with Crippen molar-refractivity contribution < 1.29 is 17.9 Å². The molecular formula is C24H33N3O4S. The number of nitrogens with one attached hydrogen (secondary N) is 1. The highest BCUT2D eigenvalue weighted by Gasteiger charge is 2.31. The lowest BCUT2D eigenvalue weighted by Gasteiger charge is -2.30. The molecule has 7 nitrogen and oxygen atoms in total. The van der Waals surface area contributed by atoms with Crippen LogP contribution < -0.4 is 14.4 Å². The fourth-order valence-corrected chi connectivity index (χ4v) is 5.35. The smallest absolute Gasteiger partial charge is 0.244 e. The molecule has 3 rings (SSSR count). The van der Waals surface area contributed by atoms with Crippen molar-refractivity contribution >= 4 is 21.6 Å². The number of anilines is 1. The van der Waals surface area contributed by atoms with Crippen molar-refractivity contribution in [3.63, 3.8) is 0 Å². The van der Waals surface area contributed by atoms with Crippen molar-refractivity contribution in [2.75, 3.05) is 30.8 Å². The maximum absolute atomic E-state index is 13.0. The number of carbonyl (C=O) groups is 1. The molecule has 0 radical (unpaired) electrons. The minimum Gasteiger partial charge on any atom is -0.497 e. The Morgan fingerprint density at radius 1 is 1.12 bits per heavy atom. The molecule has 1 fully saturated rings. The van der Waals surface area contributed by atoms with Crippen LogP contribution in [0.4, 0.5) is 5.69 Å². The van der Waals surface area contributed by atoms with Gasteiger partial charge < -0.3 is 10.1 Å². The summed E-state index contributed by atoms with van der Waals surface area (Å²) in [7, 11) is -2.12. The number of nitrogens with zero attached hydrogens (tertiary/aromatic N) is 2. The predicted octanol–water partition coefficient (Wildman–Crippen LogP) is 3.15. The van der Waals surface area contributed by atoms with Gasteiger partial charge in [0, 0.05) is 13.1 Å². The number of hydrogen-bond acceptors (Lipinski definition) is 5. The van der Waals surface area contributed by atoms with E-state index < -0.39 is 16.1 Å². The number of benzene rings is 2. The second-order valence-corrected chi connectivity index (χ2v) is 10.1. The van der Waals surface area contributed by atoms with Crippen LogP contribution in [-0.2, 0) is 27.9 Å². The molecule has 2 aromatic rings. The zero-order valence-electron chi connectivity index (χ0n) is 19.1. The normalized spacial score (nSPS) is 15.3. The SMILES string of the molecule is CC[C@@H](C(=O)NCc1cccc(CN2CCCC2)c1)N(c1ccc(OC)cc1)S(C)(=O)=O. The van der Waals surface area contributed by atoms with Crippen LogP contribution >= 0.6 is 0 Å². The van der Waals surface area contributed by atoms with Gasteiger partial charge >= 0.3 is 0 Å². The van der Waals surface area contributed by atoms with Crippen molar-refractivity contribution in [2.45, 2.75) is 45.3 Å². The van der Waals surface area contributed by atoms with E-state index in [1.807, 2.05) is 19.1 Å². The van der Waals surface area contributed by atoms with Crippen LogP contribution in [0.3, 0.4) is 0 Å². The molecule has 8 heteroatoms. The monoisotopic (exact) mass is 459 g/mol. The van der Waals surface area contributed by atoms with Gasteiger partial charge in [0.2, 0.25) is 15.9 Å². The van der Waals surface area contributed by atoms with Crippen molar-refractivity contribution in [3.05, 3.63) is 59.7 Å². The number of amides is 1. The maximum atomic E-state index is 13.0. The molecule has 1 heterocycles. The van der Waals surface area contributed by atoms with Gasteiger partial charge in [-0.25, -0.2) is 8.42 Å². The Labute approximate surface area is 191 Å². The quantitative estimate of drug-likeness (QED) is 0.591. The van der Waals surface area contributed by atoms with E-state index >= 15 is 0 Å². The average Bonchev–Trinajstić information content (AvgIpc) is 3.28. The first-order valence-corrected chi connectivity index (χ1v) is 12.9. The highest BCUT2D eigenvalue weighted by Crippen LogP contribution is 2.25. The predicted molar refractivity (Wildman–Crippen MR) is 127 cm³/mol. The molecule has 1 atom stereocenters. The summed E-state index contributed by atoms with van der Waals surface area (Å²) in [6.45, 7) is 5.34. The molecule has 0 spiro atoms. The number of rotatable bonds is 10. The molecule has 1 amide bonds. The molecule has 0 bridgehead atoms. The van der Waals surface area contributed by atoms with Gasteiger partial charge in [-0.2, -0.15) is 0 Å². The summed E-state index contributed by atoms with van der Waals surface area (Å²) < 4.78 is 31.5. The van der Waals surface area contributed by atoms with Crippen molar-refractivity contribution in [1.82, 2.24) is 10.2 Å². The Kier molecular flexibility index (Phi) is 8.15. The Morgan fingerprint density at radius 2 is 1.78 bits per heavy atom. The molecule has 1 aliphatic rings. The summed E-state index contributed by atoms with van der Waals surface area (Å²) in [5, 5.41) is 2.93. The van der Waals surface area contributed by atoms with E-state index in [1.165, 1.54) is 22.7 Å². The highest BCUT2D eigenvalue weighted by atomic mass is 32.2. The lowest BCUT2D eigenvalue weighted by molar-refractivity contribution is -0.122. The van der Waals surface area contributed by atoms with Gasteiger partial charge in [0.1, 0.15) is 11.8 Å². The van der Waals surface area contributed by atoms with Crippen LogP contribution in [0.25, 0.3) is 0 Å². The van der Waals surface area contributed by atoms with Crippen LogP contribution in [-0.4, -0.2) is 51.7 Å². The third-order valence-electron chi connectivity index (χ3n) is 5.72. The summed E-state index contributed by atoms with van der Waals surface area (Å²) in [4.78, 5) is 15.5. The Bertz CT molecular complexity index is 1000. The van der Waals surface area contributed by atoms with Crippen molar-refractivity contribution in [1.29, 1.82) is 0 Å². The van der Waals surface area contributed by atoms with E-state index in [9.17, 15) is 13.2 Å². The Hall–Kier alpha value is -2.58. The molecule has 32 heavy (non-hydrogen) atoms. The van der Waals surface area contributed by atoms with Crippen molar-refractivity contribution in [2.24, 2.45) is 0 Å². The van der Waals surface area contributed by atoms with Gasteiger partial charge in [-0.05, 0) is 67.7 Å². The minimum absolute atomic E-state index is 0.321. The van der Waals surface area contributed by atoms with E-state index in [-0.39, 0.29) is 5.91 Å². The largest absolute Gasteiger partial charge is 0.497 e. The zero-order chi connectivity index (χ0) is 23.1. The molecule has 0 unspecified atom stereocenters. The minimum atomic E-state index is -3.67. The van der Waals surface area contributed by atoms with Gasteiger partial charge in [-0.1, -0.05) is 31.2 Å². The lowest BCUT2D eigenvalue weighted by atomic mass is 10.1. The Morgan fingerprint density at radius 3 is 2.38 bits per heavy atom. The van der Waals surface area contributed by atoms with Crippen LogP contribution in [0.5, 0.6) is 5.75 Å². The first-order valence-electron chi connectivity index (χ1n) is 11.0. The number of ether oxygens (including phenoxy) is 1. The summed E-state index contributed by atoms with van der Waals surface area (Å²) in [5.41, 5.74) is 2.66. The van der Waals surface area contributed by atoms with Crippen molar-refractivity contribution in [3.8, 4) is 5.75 Å². The van der Waals surface area contributed by atoms with Crippen LogP contribution in [0, 0.1) is 0 Å². The summed E-state index contributed by atoms with van der Waals surface area (Å²) >= 11 is 0. The van der Waals surface area contributed by atoms with E-state index in [4.69, 9.17) is 4.74 Å². The number of likely N-dealkylation sites (tertiary alicyclic amines) is 1. The number of methoxy groups -OCH3 is 1. The van der Waals surface area contributed by atoms with Gasteiger partial charge in [0.25, 0.3) is 0 Å². The van der Waals surface area contributed by atoms with E-state index in [0.717, 1.165) is 31.5 Å². The molecular weight excluding hydrogens is 426 g/mol. The third kappa shape index (κ3) is 6.23. The molecule has 0 aliphatic carbocycles. The first-order chi connectivity index (χ1) is 15.3. The van der Waals surface area contributed by atoms with E-state index in [0.29, 0.717) is 24.4 Å². The summed E-state index contributed by atoms with van der Waals surface area (Å²) in [6, 6.07) is 14.0. The maximum Gasteiger partial charge on any atom is 0.244 e. The fourth-order valence-electron chi connectivity index (χ4n) is 4.13. The van der Waals surface area contributed by atoms with Gasteiger partial charge in [0.15, 0.2) is 0 Å². The van der Waals surface area contributed by atoms with Gasteiger partial charge in [0.05, 0.1) is 19.1 Å². The summed E-state index contributed by atoms with van der Waals surface area (Å²) in [5.74, 6) is 0.298. The third-order valence-corrected chi connectivity index (χ3v) is 6.90. The molecule has 174 valence electrons. The highest BCUT2D eigenvalue weighted by molar-refractivity contribution is 7.92. The molecule has 1 N–H and O–H groups in total. The lowest BCUT2D eigenvalue weighted by Crippen LogP contribution is -2.49. The molecule has 0 saturated carbocycles. The second-order valence-electron chi connectivity index (χ2n) is 8.20.